The van der Waals surface area contributed by atoms with Gasteiger partial charge in [-0.05, 0) is 31.8 Å². The van der Waals surface area contributed by atoms with Crippen LogP contribution >= 0.6 is 0 Å². The number of carbonyl (C=O) groups excluding carboxylic acids is 2. The number of hydrogen-bond donors (Lipinski definition) is 2. The molecular weight excluding hydrogens is 206 g/mol. The minimum absolute atomic E-state index is 0.0404. The first-order valence-electron chi connectivity index (χ1n) is 6.01. The van der Waals surface area contributed by atoms with Gasteiger partial charge in [0.05, 0.1) is 6.54 Å². The van der Waals surface area contributed by atoms with E-state index in [1.54, 1.807) is 4.90 Å². The molecule has 0 aromatic heterocycles. The van der Waals surface area contributed by atoms with Crippen molar-refractivity contribution < 1.29 is 9.59 Å². The van der Waals surface area contributed by atoms with E-state index in [2.05, 4.69) is 10.6 Å². The molecule has 0 radical (unpaired) electrons. The summed E-state index contributed by atoms with van der Waals surface area (Å²) in [6.07, 6.45) is 2.86. The fourth-order valence-corrected chi connectivity index (χ4v) is 2.33. The van der Waals surface area contributed by atoms with Crippen LogP contribution in [-0.4, -0.2) is 49.4 Å². The monoisotopic (exact) mass is 225 g/mol. The van der Waals surface area contributed by atoms with Crippen molar-refractivity contribution in [2.45, 2.75) is 19.3 Å². The van der Waals surface area contributed by atoms with Gasteiger partial charge in [-0.25, -0.2) is 0 Å². The first kappa shape index (κ1) is 11.4. The van der Waals surface area contributed by atoms with E-state index in [-0.39, 0.29) is 18.4 Å². The summed E-state index contributed by atoms with van der Waals surface area (Å²) in [6.45, 7) is 3.49. The molecule has 2 aliphatic heterocycles. The topological polar surface area (TPSA) is 61.4 Å². The maximum Gasteiger partial charge on any atom is 0.239 e. The molecule has 2 heterocycles. The molecule has 2 amide bonds. The van der Waals surface area contributed by atoms with Crippen molar-refractivity contribution in [2.75, 3.05) is 32.7 Å². The Morgan fingerprint density at radius 2 is 2.31 bits per heavy atom. The summed E-state index contributed by atoms with van der Waals surface area (Å²) in [5.41, 5.74) is 0. The van der Waals surface area contributed by atoms with Crippen molar-refractivity contribution >= 4 is 11.8 Å². The summed E-state index contributed by atoms with van der Waals surface area (Å²) >= 11 is 0. The Morgan fingerprint density at radius 1 is 1.44 bits per heavy atom. The van der Waals surface area contributed by atoms with E-state index in [0.29, 0.717) is 25.4 Å². The molecule has 0 saturated carbocycles. The Hall–Kier alpha value is -1.10. The molecule has 5 heteroatoms. The van der Waals surface area contributed by atoms with Crippen LogP contribution in [0.1, 0.15) is 19.3 Å². The van der Waals surface area contributed by atoms with Crippen LogP contribution in [0.2, 0.25) is 0 Å². The van der Waals surface area contributed by atoms with Crippen molar-refractivity contribution in [3.05, 3.63) is 0 Å². The van der Waals surface area contributed by atoms with E-state index in [9.17, 15) is 9.59 Å². The lowest BCUT2D eigenvalue weighted by molar-refractivity contribution is -0.139. The normalized spacial score (nSPS) is 26.4. The van der Waals surface area contributed by atoms with Crippen LogP contribution in [0.25, 0.3) is 0 Å². The van der Waals surface area contributed by atoms with Gasteiger partial charge in [0.1, 0.15) is 0 Å². The zero-order valence-corrected chi connectivity index (χ0v) is 9.50. The third kappa shape index (κ3) is 2.95. The minimum atomic E-state index is -0.0404. The highest BCUT2D eigenvalue weighted by Crippen LogP contribution is 2.15. The van der Waals surface area contributed by atoms with Crippen LogP contribution in [0.3, 0.4) is 0 Å². The summed E-state index contributed by atoms with van der Waals surface area (Å²) in [6, 6.07) is 0. The van der Waals surface area contributed by atoms with Crippen molar-refractivity contribution in [1.82, 2.24) is 15.5 Å². The van der Waals surface area contributed by atoms with E-state index in [0.717, 1.165) is 25.9 Å². The Kier molecular flexibility index (Phi) is 3.77. The second kappa shape index (κ2) is 5.30. The predicted octanol–water partition coefficient (Wildman–Crippen LogP) is -0.665. The largest absolute Gasteiger partial charge is 0.353 e. The lowest BCUT2D eigenvalue weighted by Gasteiger charge is -2.29. The van der Waals surface area contributed by atoms with Crippen LogP contribution in [0, 0.1) is 5.92 Å². The quantitative estimate of drug-likeness (QED) is 0.655. The molecular formula is C11H19N3O2. The predicted molar refractivity (Wildman–Crippen MR) is 59.8 cm³/mol. The van der Waals surface area contributed by atoms with Gasteiger partial charge >= 0.3 is 0 Å². The van der Waals surface area contributed by atoms with E-state index in [1.165, 1.54) is 0 Å². The highest BCUT2D eigenvalue weighted by molar-refractivity contribution is 5.85. The third-order valence-corrected chi connectivity index (χ3v) is 3.25. The fourth-order valence-electron chi connectivity index (χ4n) is 2.33. The lowest BCUT2D eigenvalue weighted by Crippen LogP contribution is -2.50. The molecule has 0 aromatic rings. The molecule has 0 aliphatic carbocycles. The van der Waals surface area contributed by atoms with Crippen LogP contribution in [-0.2, 0) is 9.59 Å². The van der Waals surface area contributed by atoms with Gasteiger partial charge in [0.2, 0.25) is 11.8 Å². The Labute approximate surface area is 95.6 Å². The molecule has 2 rings (SSSR count). The van der Waals surface area contributed by atoms with Crippen LogP contribution < -0.4 is 10.6 Å². The van der Waals surface area contributed by atoms with E-state index < -0.39 is 0 Å². The maximum atomic E-state index is 11.9. The molecule has 1 atom stereocenters. The second-order valence-electron chi connectivity index (χ2n) is 4.58. The average molecular weight is 225 g/mol. The number of piperazine rings is 1. The van der Waals surface area contributed by atoms with Crippen LogP contribution in [0.5, 0.6) is 0 Å². The zero-order valence-electron chi connectivity index (χ0n) is 9.50. The first-order valence-corrected chi connectivity index (χ1v) is 6.01. The van der Waals surface area contributed by atoms with Gasteiger partial charge in [0.25, 0.3) is 0 Å². The van der Waals surface area contributed by atoms with Crippen molar-refractivity contribution in [1.29, 1.82) is 0 Å². The van der Waals surface area contributed by atoms with Crippen LogP contribution in [0.15, 0.2) is 0 Å². The number of hydrogen-bond acceptors (Lipinski definition) is 3. The molecule has 5 nitrogen and oxygen atoms in total. The maximum absolute atomic E-state index is 11.9. The van der Waals surface area contributed by atoms with Crippen LogP contribution in [0.4, 0.5) is 0 Å². The number of carbonyl (C=O) groups is 2. The fraction of sp³-hybridized carbons (Fsp3) is 0.818. The molecule has 1 unspecified atom stereocenters. The summed E-state index contributed by atoms with van der Waals surface area (Å²) in [7, 11) is 0. The lowest BCUT2D eigenvalue weighted by atomic mass is 9.95. The van der Waals surface area contributed by atoms with Crippen molar-refractivity contribution in [2.24, 2.45) is 5.92 Å². The Bertz CT molecular complexity index is 274. The Balaban J connectivity index is 1.79. The highest BCUT2D eigenvalue weighted by atomic mass is 16.2. The zero-order chi connectivity index (χ0) is 11.4. The van der Waals surface area contributed by atoms with E-state index in [1.807, 2.05) is 0 Å². The Morgan fingerprint density at radius 3 is 3.00 bits per heavy atom. The molecule has 2 fully saturated rings. The van der Waals surface area contributed by atoms with Gasteiger partial charge in [-0.3, -0.25) is 9.59 Å². The number of nitrogens with one attached hydrogen (secondary N) is 2. The molecule has 2 aliphatic rings. The van der Waals surface area contributed by atoms with Gasteiger partial charge in [0.15, 0.2) is 0 Å². The first-order chi connectivity index (χ1) is 7.75. The van der Waals surface area contributed by atoms with E-state index in [4.69, 9.17) is 0 Å². The summed E-state index contributed by atoms with van der Waals surface area (Å²) in [5, 5.41) is 6.03. The molecule has 0 bridgehead atoms. The van der Waals surface area contributed by atoms with Gasteiger partial charge < -0.3 is 15.5 Å². The molecule has 0 aromatic carbocycles. The summed E-state index contributed by atoms with van der Waals surface area (Å²) < 4.78 is 0. The van der Waals surface area contributed by atoms with Gasteiger partial charge in [0, 0.05) is 19.5 Å². The van der Waals surface area contributed by atoms with Gasteiger partial charge in [-0.15, -0.1) is 0 Å². The molecule has 2 N–H and O–H groups in total. The smallest absolute Gasteiger partial charge is 0.239 e. The summed E-state index contributed by atoms with van der Waals surface area (Å²) in [4.78, 5) is 24.8. The SMILES string of the molecule is O=C1CN(C(=O)CC2CCCNC2)CCN1. The average Bonchev–Trinajstić information content (AvgIpc) is 2.30. The molecule has 0 spiro atoms. The molecule has 16 heavy (non-hydrogen) atoms. The van der Waals surface area contributed by atoms with Crippen molar-refractivity contribution in [3.63, 3.8) is 0 Å². The number of amides is 2. The van der Waals surface area contributed by atoms with E-state index >= 15 is 0 Å². The number of nitrogens with zero attached hydrogens (tertiary/aromatic N) is 1. The molecule has 2 saturated heterocycles. The van der Waals surface area contributed by atoms with Crippen molar-refractivity contribution in [3.8, 4) is 0 Å². The second-order valence-corrected chi connectivity index (χ2v) is 4.58. The number of rotatable bonds is 2. The minimum Gasteiger partial charge on any atom is -0.353 e. The number of piperidine rings is 1. The standard InChI is InChI=1S/C11H19N3O2/c15-10-8-14(5-4-13-10)11(16)6-9-2-1-3-12-7-9/h9,12H,1-8H2,(H,13,15). The third-order valence-electron chi connectivity index (χ3n) is 3.25. The van der Waals surface area contributed by atoms with Gasteiger partial charge in [-0.1, -0.05) is 0 Å². The highest BCUT2D eigenvalue weighted by Gasteiger charge is 2.24. The molecule has 90 valence electrons. The van der Waals surface area contributed by atoms with Gasteiger partial charge in [-0.2, -0.15) is 0 Å². The summed E-state index contributed by atoms with van der Waals surface area (Å²) in [5.74, 6) is 0.538.